The van der Waals surface area contributed by atoms with Crippen LogP contribution in [0.4, 0.5) is 0 Å². The fourth-order valence-corrected chi connectivity index (χ4v) is 0.707. The van der Waals surface area contributed by atoms with Gasteiger partial charge in [0.2, 0.25) is 0 Å². The van der Waals surface area contributed by atoms with Crippen molar-refractivity contribution in [1.82, 2.24) is 0 Å². The SMILES string of the molecule is [Se-]C/C=C\C[Se-]. The summed E-state index contributed by atoms with van der Waals surface area (Å²) in [4.78, 5) is 0. The maximum atomic E-state index is 2.88. The summed E-state index contributed by atoms with van der Waals surface area (Å²) in [5, 5.41) is 2.06. The zero-order chi connectivity index (χ0) is 4.83. The van der Waals surface area contributed by atoms with E-state index in [1.165, 1.54) is 0 Å². The second kappa shape index (κ2) is 5.78. The van der Waals surface area contributed by atoms with Crippen LogP contribution in [0.3, 0.4) is 0 Å². The molecule has 2 heteroatoms. The van der Waals surface area contributed by atoms with E-state index in [9.17, 15) is 0 Å². The zero-order valence-corrected chi connectivity index (χ0v) is 6.81. The summed E-state index contributed by atoms with van der Waals surface area (Å²) in [6.07, 6.45) is 4.19. The van der Waals surface area contributed by atoms with Gasteiger partial charge < -0.3 is 0 Å². The van der Waals surface area contributed by atoms with Crippen LogP contribution in [-0.2, 0) is 0 Å². The fraction of sp³-hybridized carbons (Fsp3) is 0.500. The van der Waals surface area contributed by atoms with Gasteiger partial charge in [-0.1, -0.05) is 0 Å². The number of hydrogen-bond donors (Lipinski definition) is 0. The van der Waals surface area contributed by atoms with E-state index in [-0.39, 0.29) is 0 Å². The van der Waals surface area contributed by atoms with Gasteiger partial charge in [-0.3, -0.25) is 0 Å². The molecule has 0 atom stereocenters. The van der Waals surface area contributed by atoms with E-state index in [0.717, 1.165) is 10.6 Å². The Kier molecular flexibility index (Phi) is 6.53. The topological polar surface area (TPSA) is 0 Å². The first-order valence-corrected chi connectivity index (χ1v) is 4.15. The molecule has 0 radical (unpaired) electrons. The molecule has 0 aromatic rings. The standard InChI is InChI=1S/C4H8Se2/c5-3-1-2-4-6/h1-2,5-6H,3-4H2/p-2/b2-1-. The third-order valence-electron chi connectivity index (χ3n) is 0.359. The molecule has 0 aliphatic carbocycles. The average Bonchev–Trinajstić information content (AvgIpc) is 1.61. The molecule has 6 heavy (non-hydrogen) atoms. The Bertz CT molecular complexity index is 34.8. The van der Waals surface area contributed by atoms with Gasteiger partial charge in [0.25, 0.3) is 0 Å². The Morgan fingerprint density at radius 3 is 1.50 bits per heavy atom. The molecule has 0 saturated carbocycles. The van der Waals surface area contributed by atoms with Crippen LogP contribution in [0, 0.1) is 0 Å². The molecule has 0 saturated heterocycles. The van der Waals surface area contributed by atoms with Crippen LogP contribution >= 0.6 is 0 Å². The van der Waals surface area contributed by atoms with Crippen molar-refractivity contribution in [2.24, 2.45) is 0 Å². The molecule has 0 amide bonds. The first-order chi connectivity index (χ1) is 2.91. The molecule has 0 nitrogen and oxygen atoms in total. The first kappa shape index (κ1) is 6.78. The summed E-state index contributed by atoms with van der Waals surface area (Å²) in [5.74, 6) is 0. The Hall–Kier alpha value is 0.779. The predicted octanol–water partition coefficient (Wildman–Crippen LogP) is 0.716. The van der Waals surface area contributed by atoms with Crippen molar-refractivity contribution in [3.05, 3.63) is 12.2 Å². The van der Waals surface area contributed by atoms with Gasteiger partial charge in [-0.05, 0) is 0 Å². The van der Waals surface area contributed by atoms with Gasteiger partial charge in [0, 0.05) is 0 Å². The normalized spacial score (nSPS) is 10.3. The van der Waals surface area contributed by atoms with Crippen LogP contribution in [-0.4, -0.2) is 32.0 Å². The minimum atomic E-state index is 1.03. The van der Waals surface area contributed by atoms with Crippen LogP contribution in [0.2, 0.25) is 10.6 Å². The van der Waals surface area contributed by atoms with Gasteiger partial charge in [0.05, 0.1) is 0 Å². The van der Waals surface area contributed by atoms with Crippen molar-refractivity contribution in [2.45, 2.75) is 10.6 Å². The second-order valence-corrected chi connectivity index (χ2v) is 2.20. The van der Waals surface area contributed by atoms with Crippen LogP contribution in [0.15, 0.2) is 12.2 Å². The van der Waals surface area contributed by atoms with Crippen molar-refractivity contribution < 1.29 is 0 Å². The van der Waals surface area contributed by atoms with Gasteiger partial charge >= 0.3 is 54.8 Å². The number of allylic oxidation sites excluding steroid dienone is 2. The molecule has 0 rings (SSSR count). The molecule has 0 bridgehead atoms. The maximum absolute atomic E-state index is 2.88. The van der Waals surface area contributed by atoms with Gasteiger partial charge in [0.1, 0.15) is 0 Å². The predicted molar refractivity (Wildman–Crippen MR) is 30.3 cm³/mol. The molecule has 0 heterocycles. The second-order valence-electron chi connectivity index (χ2n) is 0.805. The molecular formula is C4H6Se2-2. The van der Waals surface area contributed by atoms with E-state index >= 15 is 0 Å². The van der Waals surface area contributed by atoms with E-state index in [2.05, 4.69) is 44.2 Å². The zero-order valence-electron chi connectivity index (χ0n) is 3.39. The molecule has 0 aliphatic rings. The Balaban J connectivity index is 2.73. The quantitative estimate of drug-likeness (QED) is 0.467. The molecule has 0 aliphatic heterocycles. The van der Waals surface area contributed by atoms with Gasteiger partial charge in [-0.2, -0.15) is 0 Å². The van der Waals surface area contributed by atoms with Crippen molar-refractivity contribution in [3.63, 3.8) is 0 Å². The summed E-state index contributed by atoms with van der Waals surface area (Å²) in [5.41, 5.74) is 0. The Morgan fingerprint density at radius 1 is 1.00 bits per heavy atom. The molecule has 0 fully saturated rings. The summed E-state index contributed by atoms with van der Waals surface area (Å²) >= 11 is 5.75. The number of hydrogen-bond acceptors (Lipinski definition) is 0. The van der Waals surface area contributed by atoms with Crippen LogP contribution in [0.1, 0.15) is 0 Å². The molecule has 0 N–H and O–H groups in total. The van der Waals surface area contributed by atoms with Gasteiger partial charge in [0.15, 0.2) is 0 Å². The monoisotopic (exact) mass is 214 g/mol. The van der Waals surface area contributed by atoms with Crippen LogP contribution < -0.4 is 0 Å². The van der Waals surface area contributed by atoms with Crippen LogP contribution in [0.25, 0.3) is 0 Å². The summed E-state index contributed by atoms with van der Waals surface area (Å²) < 4.78 is 0. The minimum absolute atomic E-state index is 1.03. The third-order valence-corrected chi connectivity index (χ3v) is 1.17. The van der Waals surface area contributed by atoms with Gasteiger partial charge in [-0.15, -0.1) is 0 Å². The summed E-state index contributed by atoms with van der Waals surface area (Å²) in [6.45, 7) is 0. The molecule has 0 aromatic heterocycles. The first-order valence-electron chi connectivity index (χ1n) is 1.73. The summed E-state index contributed by atoms with van der Waals surface area (Å²) in [7, 11) is 0. The molecular weight excluding hydrogens is 206 g/mol. The molecule has 36 valence electrons. The third kappa shape index (κ3) is 4.78. The van der Waals surface area contributed by atoms with E-state index in [0.29, 0.717) is 0 Å². The van der Waals surface area contributed by atoms with E-state index in [1.807, 2.05) is 0 Å². The van der Waals surface area contributed by atoms with E-state index in [1.54, 1.807) is 0 Å². The summed E-state index contributed by atoms with van der Waals surface area (Å²) in [6, 6.07) is 0. The molecule has 0 spiro atoms. The fourth-order valence-electron chi connectivity index (χ4n) is 0.136. The average molecular weight is 212 g/mol. The van der Waals surface area contributed by atoms with Crippen molar-refractivity contribution >= 4 is 32.0 Å². The van der Waals surface area contributed by atoms with E-state index < -0.39 is 0 Å². The molecule has 0 aromatic carbocycles. The Labute approximate surface area is 55.0 Å². The number of rotatable bonds is 2. The van der Waals surface area contributed by atoms with E-state index in [4.69, 9.17) is 0 Å². The van der Waals surface area contributed by atoms with Crippen molar-refractivity contribution in [2.75, 3.05) is 0 Å². The van der Waals surface area contributed by atoms with Crippen molar-refractivity contribution in [1.29, 1.82) is 0 Å². The molecule has 0 unspecified atom stereocenters. The van der Waals surface area contributed by atoms with Crippen molar-refractivity contribution in [3.8, 4) is 0 Å². The van der Waals surface area contributed by atoms with Crippen LogP contribution in [0.5, 0.6) is 0 Å². The Morgan fingerprint density at radius 2 is 1.33 bits per heavy atom. The van der Waals surface area contributed by atoms with Gasteiger partial charge in [-0.25, -0.2) is 0 Å².